The van der Waals surface area contributed by atoms with E-state index in [2.05, 4.69) is 13.8 Å². The van der Waals surface area contributed by atoms with E-state index >= 15 is 0 Å². The van der Waals surface area contributed by atoms with Crippen LogP contribution >= 0.6 is 11.6 Å². The summed E-state index contributed by atoms with van der Waals surface area (Å²) >= 11 is 5.81. The third-order valence-electron chi connectivity index (χ3n) is 1.76. The number of halogens is 1. The van der Waals surface area contributed by atoms with Crippen molar-refractivity contribution >= 4 is 17.9 Å². The molecule has 1 saturated carbocycles. The van der Waals surface area contributed by atoms with E-state index in [1.165, 1.54) is 0 Å². The van der Waals surface area contributed by atoms with Crippen LogP contribution in [0.25, 0.3) is 0 Å². The van der Waals surface area contributed by atoms with Crippen LogP contribution < -0.4 is 0 Å². The van der Waals surface area contributed by atoms with Crippen molar-refractivity contribution in [1.29, 1.82) is 0 Å². The van der Waals surface area contributed by atoms with Crippen molar-refractivity contribution in [3.05, 3.63) is 0 Å². The Morgan fingerprint density at radius 2 is 1.89 bits per heavy atom. The molecule has 0 N–H and O–H groups in total. The maximum atomic E-state index is 10.3. The van der Waals surface area contributed by atoms with Gasteiger partial charge in [0.2, 0.25) is 0 Å². The second kappa shape index (κ2) is 1.72. The van der Waals surface area contributed by atoms with Crippen LogP contribution in [0.4, 0.5) is 0 Å². The highest BCUT2D eigenvalue weighted by atomic mass is 35.5. The van der Waals surface area contributed by atoms with E-state index in [1.54, 1.807) is 0 Å². The predicted octanol–water partition coefficient (Wildman–Crippen LogP) is 1.98. The van der Waals surface area contributed by atoms with Crippen LogP contribution in [-0.2, 0) is 4.79 Å². The van der Waals surface area contributed by atoms with Gasteiger partial charge in [-0.2, -0.15) is 0 Å². The highest BCUT2D eigenvalue weighted by molar-refractivity contribution is 6.32. The molecule has 0 aromatic rings. The van der Waals surface area contributed by atoms with Crippen LogP contribution in [0, 0.1) is 5.41 Å². The summed E-state index contributed by atoms with van der Waals surface area (Å²) in [6, 6.07) is 0. The van der Waals surface area contributed by atoms with Gasteiger partial charge in [-0.15, -0.1) is 11.6 Å². The Labute approximate surface area is 60.4 Å². The zero-order valence-electron chi connectivity index (χ0n) is 5.78. The van der Waals surface area contributed by atoms with E-state index in [0.29, 0.717) is 5.41 Å². The average Bonchev–Trinajstić information content (AvgIpc) is 1.61. The first-order valence-electron chi connectivity index (χ1n) is 3.13. The van der Waals surface area contributed by atoms with Gasteiger partial charge in [0.1, 0.15) is 11.2 Å². The van der Waals surface area contributed by atoms with Gasteiger partial charge in [0.15, 0.2) is 0 Å². The summed E-state index contributed by atoms with van der Waals surface area (Å²) in [7, 11) is 0. The summed E-state index contributed by atoms with van der Waals surface area (Å²) in [5, 5.41) is 0. The number of aldehydes is 1. The fourth-order valence-electron chi connectivity index (χ4n) is 1.62. The lowest BCUT2D eigenvalue weighted by molar-refractivity contribution is -0.114. The van der Waals surface area contributed by atoms with Crippen molar-refractivity contribution < 1.29 is 4.79 Å². The molecule has 0 saturated heterocycles. The van der Waals surface area contributed by atoms with E-state index in [4.69, 9.17) is 11.6 Å². The van der Waals surface area contributed by atoms with Gasteiger partial charge in [-0.1, -0.05) is 13.8 Å². The minimum atomic E-state index is -0.510. The molecule has 0 bridgehead atoms. The molecule has 1 nitrogen and oxygen atoms in total. The van der Waals surface area contributed by atoms with Crippen LogP contribution in [0.2, 0.25) is 0 Å². The molecule has 1 fully saturated rings. The molecule has 0 atom stereocenters. The van der Waals surface area contributed by atoms with E-state index in [1.807, 2.05) is 0 Å². The van der Waals surface area contributed by atoms with Crippen molar-refractivity contribution in [2.24, 2.45) is 5.41 Å². The lowest BCUT2D eigenvalue weighted by Gasteiger charge is -2.45. The Morgan fingerprint density at radius 1 is 1.44 bits per heavy atom. The number of hydrogen-bond acceptors (Lipinski definition) is 1. The van der Waals surface area contributed by atoms with Gasteiger partial charge in [0.25, 0.3) is 0 Å². The highest BCUT2D eigenvalue weighted by Gasteiger charge is 2.47. The second-order valence-corrected chi connectivity index (χ2v) is 4.42. The monoisotopic (exact) mass is 146 g/mol. The fraction of sp³-hybridized carbons (Fsp3) is 0.857. The van der Waals surface area contributed by atoms with Gasteiger partial charge >= 0.3 is 0 Å². The molecule has 1 rings (SSSR count). The zero-order valence-corrected chi connectivity index (χ0v) is 6.53. The van der Waals surface area contributed by atoms with Crippen molar-refractivity contribution in [2.75, 3.05) is 0 Å². The molecule has 0 amide bonds. The summed E-state index contributed by atoms with van der Waals surface area (Å²) in [6.07, 6.45) is 2.51. The average molecular weight is 147 g/mol. The molecule has 0 radical (unpaired) electrons. The van der Waals surface area contributed by atoms with Crippen LogP contribution in [0.5, 0.6) is 0 Å². The first-order chi connectivity index (χ1) is 3.97. The van der Waals surface area contributed by atoms with Gasteiger partial charge in [-0.25, -0.2) is 0 Å². The third-order valence-corrected chi connectivity index (χ3v) is 2.11. The maximum absolute atomic E-state index is 10.3. The largest absolute Gasteiger partial charge is 0.301 e. The summed E-state index contributed by atoms with van der Waals surface area (Å²) in [5.41, 5.74) is 0.294. The maximum Gasteiger partial charge on any atom is 0.140 e. The Morgan fingerprint density at radius 3 is 2.00 bits per heavy atom. The van der Waals surface area contributed by atoms with Crippen molar-refractivity contribution in [1.82, 2.24) is 0 Å². The Kier molecular flexibility index (Phi) is 1.35. The smallest absolute Gasteiger partial charge is 0.140 e. The summed E-state index contributed by atoms with van der Waals surface area (Å²) in [4.78, 5) is 9.75. The number of alkyl halides is 1. The second-order valence-electron chi connectivity index (χ2n) is 3.67. The molecule has 0 aliphatic heterocycles. The van der Waals surface area contributed by atoms with E-state index < -0.39 is 4.87 Å². The molecule has 0 unspecified atom stereocenters. The summed E-state index contributed by atoms with van der Waals surface area (Å²) in [6.45, 7) is 4.24. The molecular weight excluding hydrogens is 136 g/mol. The van der Waals surface area contributed by atoms with Crippen molar-refractivity contribution in [3.63, 3.8) is 0 Å². The Bertz CT molecular complexity index is 132. The fourth-order valence-corrected chi connectivity index (χ4v) is 2.35. The van der Waals surface area contributed by atoms with Crippen LogP contribution in [-0.4, -0.2) is 11.2 Å². The van der Waals surface area contributed by atoms with E-state index in [0.717, 1.165) is 19.1 Å². The third kappa shape index (κ3) is 1.26. The predicted molar refractivity (Wildman–Crippen MR) is 37.7 cm³/mol. The first-order valence-corrected chi connectivity index (χ1v) is 3.51. The minimum absolute atomic E-state index is 0.294. The molecule has 9 heavy (non-hydrogen) atoms. The van der Waals surface area contributed by atoms with Gasteiger partial charge in [0.05, 0.1) is 0 Å². The SMILES string of the molecule is CC1(C)CC(Cl)(C=O)C1. The Balaban J connectivity index is 2.50. The highest BCUT2D eigenvalue weighted by Crippen LogP contribution is 2.50. The van der Waals surface area contributed by atoms with Crippen molar-refractivity contribution in [3.8, 4) is 0 Å². The van der Waals surface area contributed by atoms with Gasteiger partial charge in [-0.05, 0) is 18.3 Å². The van der Waals surface area contributed by atoms with Gasteiger partial charge in [-0.3, -0.25) is 0 Å². The molecule has 2 heteroatoms. The quantitative estimate of drug-likeness (QED) is 0.409. The van der Waals surface area contributed by atoms with Gasteiger partial charge in [0, 0.05) is 0 Å². The molecule has 0 aromatic heterocycles. The van der Waals surface area contributed by atoms with Crippen molar-refractivity contribution in [2.45, 2.75) is 31.6 Å². The number of carbonyl (C=O) groups excluding carboxylic acids is 1. The zero-order chi connectivity index (χ0) is 7.12. The van der Waals surface area contributed by atoms with E-state index in [9.17, 15) is 4.79 Å². The summed E-state index contributed by atoms with van der Waals surface area (Å²) in [5.74, 6) is 0. The number of hydrogen-bond donors (Lipinski definition) is 0. The molecule has 0 heterocycles. The Hall–Kier alpha value is -0.0400. The normalized spacial score (nSPS) is 28.8. The topological polar surface area (TPSA) is 17.1 Å². The standard InChI is InChI=1S/C7H11ClO/c1-6(2)3-7(8,4-6)5-9/h5H,3-4H2,1-2H3. The van der Waals surface area contributed by atoms with Crippen LogP contribution in [0.3, 0.4) is 0 Å². The molecule has 0 aromatic carbocycles. The van der Waals surface area contributed by atoms with Gasteiger partial charge < -0.3 is 4.79 Å². The number of carbonyl (C=O) groups is 1. The minimum Gasteiger partial charge on any atom is -0.301 e. The molecule has 52 valence electrons. The number of rotatable bonds is 1. The summed E-state index contributed by atoms with van der Waals surface area (Å²) < 4.78 is 0. The van der Waals surface area contributed by atoms with Crippen LogP contribution in [0.1, 0.15) is 26.7 Å². The molecular formula is C7H11ClO. The van der Waals surface area contributed by atoms with Crippen LogP contribution in [0.15, 0.2) is 0 Å². The van der Waals surface area contributed by atoms with E-state index in [-0.39, 0.29) is 0 Å². The first kappa shape index (κ1) is 7.07. The lowest BCUT2D eigenvalue weighted by Crippen LogP contribution is -2.45. The molecule has 1 aliphatic rings. The lowest BCUT2D eigenvalue weighted by atomic mass is 9.64. The molecule has 1 aliphatic carbocycles. The molecule has 0 spiro atoms.